The molecule has 0 saturated carbocycles. The highest BCUT2D eigenvalue weighted by Gasteiger charge is 2.37. The van der Waals surface area contributed by atoms with Gasteiger partial charge in [0.2, 0.25) is 0 Å². The first-order valence-corrected chi connectivity index (χ1v) is 8.36. The number of aliphatic hydroxyl groups is 2. The van der Waals surface area contributed by atoms with E-state index in [2.05, 4.69) is 22.4 Å². The first-order chi connectivity index (χ1) is 11.7. The van der Waals surface area contributed by atoms with Crippen molar-refractivity contribution in [3.05, 3.63) is 59.9 Å². The van der Waals surface area contributed by atoms with E-state index >= 15 is 0 Å². The molecule has 0 spiro atoms. The lowest BCUT2D eigenvalue weighted by Gasteiger charge is -2.36. The summed E-state index contributed by atoms with van der Waals surface area (Å²) in [5.74, 6) is 0. The van der Waals surface area contributed by atoms with Crippen molar-refractivity contribution in [2.24, 2.45) is 0 Å². The molecule has 0 amide bonds. The van der Waals surface area contributed by atoms with Crippen LogP contribution in [0.3, 0.4) is 0 Å². The normalized spacial score (nSPS) is 18.1. The Morgan fingerprint density at radius 1 is 1.04 bits per heavy atom. The second kappa shape index (κ2) is 7.75. The fourth-order valence-electron chi connectivity index (χ4n) is 2.94. The van der Waals surface area contributed by atoms with Crippen LogP contribution in [0.15, 0.2) is 48.8 Å². The molecule has 1 aromatic carbocycles. The molecular formula is C19H24N2O3. The molecule has 3 N–H and O–H groups in total. The molecule has 1 unspecified atom stereocenters. The number of benzene rings is 1. The molecule has 1 saturated heterocycles. The largest absolute Gasteiger partial charge is 0.388 e. The molecule has 1 fully saturated rings. The lowest BCUT2D eigenvalue weighted by atomic mass is 9.88. The van der Waals surface area contributed by atoms with Gasteiger partial charge in [0.15, 0.2) is 0 Å². The van der Waals surface area contributed by atoms with E-state index in [1.165, 1.54) is 11.1 Å². The highest BCUT2D eigenvalue weighted by Crippen LogP contribution is 2.25. The Morgan fingerprint density at radius 3 is 2.33 bits per heavy atom. The minimum Gasteiger partial charge on any atom is -0.388 e. The van der Waals surface area contributed by atoms with Gasteiger partial charge >= 0.3 is 0 Å². The molecule has 5 heteroatoms. The molecule has 2 aromatic rings. The van der Waals surface area contributed by atoms with Crippen LogP contribution in [0.25, 0.3) is 0 Å². The van der Waals surface area contributed by atoms with Gasteiger partial charge in [-0.15, -0.1) is 0 Å². The van der Waals surface area contributed by atoms with E-state index < -0.39 is 11.7 Å². The third kappa shape index (κ3) is 4.32. The second-order valence-electron chi connectivity index (χ2n) is 6.34. The van der Waals surface area contributed by atoms with Crippen LogP contribution in [-0.2, 0) is 11.2 Å². The van der Waals surface area contributed by atoms with Crippen molar-refractivity contribution in [2.75, 3.05) is 25.1 Å². The van der Waals surface area contributed by atoms with Crippen LogP contribution in [-0.4, -0.2) is 46.7 Å². The first kappa shape index (κ1) is 16.9. The summed E-state index contributed by atoms with van der Waals surface area (Å²) in [6.45, 7) is 1.31. The zero-order chi connectivity index (χ0) is 16.8. The second-order valence-corrected chi connectivity index (χ2v) is 6.34. The summed E-state index contributed by atoms with van der Waals surface area (Å²) < 4.78 is 5.24. The molecule has 5 nitrogen and oxygen atoms in total. The van der Waals surface area contributed by atoms with E-state index in [1.807, 2.05) is 24.3 Å². The lowest BCUT2D eigenvalue weighted by molar-refractivity contribution is -0.127. The van der Waals surface area contributed by atoms with Crippen molar-refractivity contribution >= 4 is 5.69 Å². The average Bonchev–Trinajstić information content (AvgIpc) is 2.62. The molecule has 24 heavy (non-hydrogen) atoms. The van der Waals surface area contributed by atoms with Crippen molar-refractivity contribution in [3.63, 3.8) is 0 Å². The number of hydrogen-bond donors (Lipinski definition) is 3. The number of nitrogens with zero attached hydrogens (tertiary/aromatic N) is 1. The molecule has 3 rings (SSSR count). The summed E-state index contributed by atoms with van der Waals surface area (Å²) in [6.07, 6.45) is 4.60. The maximum atomic E-state index is 10.5. The van der Waals surface area contributed by atoms with Crippen molar-refractivity contribution in [1.82, 2.24) is 4.98 Å². The number of aliphatic hydroxyl groups excluding tert-OH is 1. The number of ether oxygens (including phenoxy) is 1. The lowest BCUT2D eigenvalue weighted by Crippen LogP contribution is -2.49. The third-order valence-electron chi connectivity index (χ3n) is 4.59. The fraction of sp³-hybridized carbons (Fsp3) is 0.421. The van der Waals surface area contributed by atoms with Crippen molar-refractivity contribution in [3.8, 4) is 0 Å². The van der Waals surface area contributed by atoms with E-state index in [1.54, 1.807) is 12.4 Å². The number of nitrogens with one attached hydrogen (secondary N) is 1. The minimum absolute atomic E-state index is 0.320. The predicted octanol–water partition coefficient (Wildman–Crippen LogP) is 1.99. The van der Waals surface area contributed by atoms with Crippen LogP contribution in [0.4, 0.5) is 5.69 Å². The standard InChI is InChI=1S/C19H24N2O3/c22-18(19(23)7-11-24-12-8-19)14-21-17-3-1-15(2-4-17)13-16-5-9-20-10-6-16/h1-6,9-10,18,21-23H,7-8,11-14H2. The molecule has 0 radical (unpaired) electrons. The molecule has 1 aliphatic heterocycles. The zero-order valence-corrected chi connectivity index (χ0v) is 13.7. The Kier molecular flexibility index (Phi) is 5.45. The minimum atomic E-state index is -1.05. The van der Waals surface area contributed by atoms with E-state index in [-0.39, 0.29) is 0 Å². The fourth-order valence-corrected chi connectivity index (χ4v) is 2.94. The molecule has 2 heterocycles. The summed E-state index contributed by atoms with van der Waals surface area (Å²) in [5.41, 5.74) is 2.33. The maximum absolute atomic E-state index is 10.5. The molecule has 0 bridgehead atoms. The molecular weight excluding hydrogens is 304 g/mol. The van der Waals surface area contributed by atoms with Crippen LogP contribution >= 0.6 is 0 Å². The monoisotopic (exact) mass is 328 g/mol. The number of pyridine rings is 1. The molecule has 1 aromatic heterocycles. The quantitative estimate of drug-likeness (QED) is 0.756. The van der Waals surface area contributed by atoms with E-state index in [0.717, 1.165) is 12.1 Å². The van der Waals surface area contributed by atoms with Gasteiger partial charge in [-0.1, -0.05) is 12.1 Å². The van der Waals surface area contributed by atoms with Gasteiger partial charge in [-0.05, 0) is 41.8 Å². The first-order valence-electron chi connectivity index (χ1n) is 8.36. The van der Waals surface area contributed by atoms with Crippen molar-refractivity contribution < 1.29 is 14.9 Å². The number of rotatable bonds is 6. The van der Waals surface area contributed by atoms with Crippen LogP contribution in [0, 0.1) is 0 Å². The summed E-state index contributed by atoms with van der Waals surface area (Å²) in [5, 5.41) is 23.9. The Labute approximate surface area is 142 Å². The van der Waals surface area contributed by atoms with E-state index in [9.17, 15) is 10.2 Å². The average molecular weight is 328 g/mol. The van der Waals surface area contributed by atoms with Gasteiger partial charge in [-0.2, -0.15) is 0 Å². The smallest absolute Gasteiger partial charge is 0.100 e. The van der Waals surface area contributed by atoms with Crippen molar-refractivity contribution in [1.29, 1.82) is 0 Å². The Hall–Kier alpha value is -1.95. The predicted molar refractivity (Wildman–Crippen MR) is 93.0 cm³/mol. The van der Waals surface area contributed by atoms with Gasteiger partial charge in [0.25, 0.3) is 0 Å². The van der Waals surface area contributed by atoms with Gasteiger partial charge in [0.1, 0.15) is 6.10 Å². The van der Waals surface area contributed by atoms with Crippen LogP contribution in [0.1, 0.15) is 24.0 Å². The number of aromatic nitrogens is 1. The van der Waals surface area contributed by atoms with Gasteiger partial charge in [0, 0.05) is 50.7 Å². The van der Waals surface area contributed by atoms with Crippen LogP contribution < -0.4 is 5.32 Å². The Morgan fingerprint density at radius 2 is 1.67 bits per heavy atom. The van der Waals surface area contributed by atoms with Gasteiger partial charge in [0.05, 0.1) is 5.60 Å². The highest BCUT2D eigenvalue weighted by atomic mass is 16.5. The summed E-state index contributed by atoms with van der Waals surface area (Å²) in [4.78, 5) is 4.02. The summed E-state index contributed by atoms with van der Waals surface area (Å²) in [6, 6.07) is 12.2. The molecule has 1 atom stereocenters. The summed E-state index contributed by atoms with van der Waals surface area (Å²) in [7, 11) is 0. The highest BCUT2D eigenvalue weighted by molar-refractivity contribution is 5.45. The van der Waals surface area contributed by atoms with Crippen molar-refractivity contribution in [2.45, 2.75) is 31.0 Å². The Balaban J connectivity index is 1.52. The van der Waals surface area contributed by atoms with E-state index in [0.29, 0.717) is 32.6 Å². The summed E-state index contributed by atoms with van der Waals surface area (Å²) >= 11 is 0. The van der Waals surface area contributed by atoms with Crippen LogP contribution in [0.5, 0.6) is 0 Å². The topological polar surface area (TPSA) is 74.6 Å². The molecule has 128 valence electrons. The number of hydrogen-bond acceptors (Lipinski definition) is 5. The maximum Gasteiger partial charge on any atom is 0.100 e. The zero-order valence-electron chi connectivity index (χ0n) is 13.7. The molecule has 0 aliphatic carbocycles. The SMILES string of the molecule is OC(CNc1ccc(Cc2ccncc2)cc1)C1(O)CCOCC1. The molecule has 1 aliphatic rings. The third-order valence-corrected chi connectivity index (χ3v) is 4.59. The van der Waals surface area contributed by atoms with E-state index in [4.69, 9.17) is 4.74 Å². The van der Waals surface area contributed by atoms with Crippen LogP contribution in [0.2, 0.25) is 0 Å². The van der Waals surface area contributed by atoms with Gasteiger partial charge < -0.3 is 20.3 Å². The van der Waals surface area contributed by atoms with Gasteiger partial charge in [-0.3, -0.25) is 4.98 Å². The number of anilines is 1. The Bertz CT molecular complexity index is 625. The van der Waals surface area contributed by atoms with Gasteiger partial charge in [-0.25, -0.2) is 0 Å².